The lowest BCUT2D eigenvalue weighted by atomic mass is 10.1. The van der Waals surface area contributed by atoms with Crippen molar-refractivity contribution in [2.45, 2.75) is 33.9 Å². The van der Waals surface area contributed by atoms with Crippen molar-refractivity contribution in [1.29, 1.82) is 0 Å². The van der Waals surface area contributed by atoms with Crippen LogP contribution in [-0.2, 0) is 17.9 Å². The molecule has 5 nitrogen and oxygen atoms in total. The lowest BCUT2D eigenvalue weighted by Crippen LogP contribution is -2.33. The molecule has 1 heterocycles. The molecule has 0 aliphatic heterocycles. The van der Waals surface area contributed by atoms with Gasteiger partial charge in [-0.2, -0.15) is 0 Å². The Balaban J connectivity index is 1.89. The van der Waals surface area contributed by atoms with Crippen LogP contribution in [0.2, 0.25) is 0 Å². The Morgan fingerprint density at radius 1 is 1.15 bits per heavy atom. The SMILES string of the molecule is Cc1cc2nc(C)c(=O)n(CC(=O)NCc3ccccc3F)c2cc1C. The topological polar surface area (TPSA) is 64.0 Å². The Labute approximate surface area is 150 Å². The zero-order valence-electron chi connectivity index (χ0n) is 15.0. The molecule has 0 aliphatic carbocycles. The number of aryl methyl sites for hydroxylation is 3. The number of nitrogens with zero attached hydrogens (tertiary/aromatic N) is 2. The molecule has 3 aromatic rings. The first-order valence-corrected chi connectivity index (χ1v) is 8.35. The highest BCUT2D eigenvalue weighted by atomic mass is 19.1. The molecule has 0 aliphatic rings. The summed E-state index contributed by atoms with van der Waals surface area (Å²) in [5.41, 5.74) is 3.80. The number of rotatable bonds is 4. The van der Waals surface area contributed by atoms with Crippen molar-refractivity contribution in [3.63, 3.8) is 0 Å². The first-order chi connectivity index (χ1) is 12.4. The zero-order valence-corrected chi connectivity index (χ0v) is 15.0. The average Bonchev–Trinajstić information content (AvgIpc) is 2.60. The zero-order chi connectivity index (χ0) is 18.8. The Bertz CT molecular complexity index is 1060. The molecule has 0 unspecified atom stereocenters. The van der Waals surface area contributed by atoms with Crippen LogP contribution >= 0.6 is 0 Å². The summed E-state index contributed by atoms with van der Waals surface area (Å²) in [4.78, 5) is 29.2. The number of benzene rings is 2. The Kier molecular flexibility index (Phi) is 4.84. The van der Waals surface area contributed by atoms with Crippen molar-refractivity contribution in [3.8, 4) is 0 Å². The molecule has 26 heavy (non-hydrogen) atoms. The summed E-state index contributed by atoms with van der Waals surface area (Å²) in [6.45, 7) is 5.48. The molecular formula is C20H20FN3O2. The van der Waals surface area contributed by atoms with E-state index in [4.69, 9.17) is 0 Å². The van der Waals surface area contributed by atoms with Gasteiger partial charge in [0.2, 0.25) is 5.91 Å². The van der Waals surface area contributed by atoms with Gasteiger partial charge in [0.1, 0.15) is 18.1 Å². The molecule has 1 aromatic heterocycles. The Hall–Kier alpha value is -3.02. The van der Waals surface area contributed by atoms with Crippen LogP contribution < -0.4 is 10.9 Å². The Morgan fingerprint density at radius 2 is 1.85 bits per heavy atom. The molecule has 0 saturated carbocycles. The van der Waals surface area contributed by atoms with Crippen LogP contribution in [0, 0.1) is 26.6 Å². The normalized spacial score (nSPS) is 10.9. The summed E-state index contributed by atoms with van der Waals surface area (Å²) in [6, 6.07) is 10.0. The molecular weight excluding hydrogens is 333 g/mol. The van der Waals surface area contributed by atoms with Crippen LogP contribution in [0.4, 0.5) is 4.39 Å². The molecule has 0 atom stereocenters. The van der Waals surface area contributed by atoms with Crippen LogP contribution in [0.25, 0.3) is 11.0 Å². The van der Waals surface area contributed by atoms with Gasteiger partial charge >= 0.3 is 0 Å². The Morgan fingerprint density at radius 3 is 2.58 bits per heavy atom. The number of hydrogen-bond acceptors (Lipinski definition) is 3. The largest absolute Gasteiger partial charge is 0.350 e. The van der Waals surface area contributed by atoms with Crippen molar-refractivity contribution in [2.24, 2.45) is 0 Å². The number of aromatic nitrogens is 2. The summed E-state index contributed by atoms with van der Waals surface area (Å²) in [6.07, 6.45) is 0. The fraction of sp³-hybridized carbons (Fsp3) is 0.250. The van der Waals surface area contributed by atoms with Gasteiger partial charge < -0.3 is 5.32 Å². The smallest absolute Gasteiger partial charge is 0.272 e. The molecule has 1 N–H and O–H groups in total. The molecule has 0 fully saturated rings. The quantitative estimate of drug-likeness (QED) is 0.784. The summed E-state index contributed by atoms with van der Waals surface area (Å²) in [7, 11) is 0. The van der Waals surface area contributed by atoms with Crippen molar-refractivity contribution in [3.05, 3.63) is 75.0 Å². The molecule has 1 amide bonds. The van der Waals surface area contributed by atoms with Crippen molar-refractivity contribution >= 4 is 16.9 Å². The standard InChI is InChI=1S/C20H20FN3O2/c1-12-8-17-18(9-13(12)2)24(20(26)14(3)23-17)11-19(25)22-10-15-6-4-5-7-16(15)21/h4-9H,10-11H2,1-3H3,(H,22,25). The number of nitrogens with one attached hydrogen (secondary N) is 1. The van der Waals surface area contributed by atoms with Gasteiger partial charge in [0.05, 0.1) is 11.0 Å². The van der Waals surface area contributed by atoms with Crippen LogP contribution in [-0.4, -0.2) is 15.5 Å². The maximum absolute atomic E-state index is 13.7. The van der Waals surface area contributed by atoms with E-state index in [2.05, 4.69) is 10.3 Å². The second-order valence-electron chi connectivity index (χ2n) is 6.38. The number of fused-ring (bicyclic) bond motifs is 1. The monoisotopic (exact) mass is 353 g/mol. The molecule has 2 aromatic carbocycles. The molecule has 134 valence electrons. The third-order valence-electron chi connectivity index (χ3n) is 4.46. The van der Waals surface area contributed by atoms with Crippen LogP contribution in [0.3, 0.4) is 0 Å². The fourth-order valence-corrected chi connectivity index (χ4v) is 2.82. The highest BCUT2D eigenvalue weighted by Crippen LogP contribution is 2.17. The van der Waals surface area contributed by atoms with E-state index >= 15 is 0 Å². The number of carbonyl (C=O) groups excluding carboxylic acids is 1. The van der Waals surface area contributed by atoms with E-state index in [1.165, 1.54) is 10.6 Å². The summed E-state index contributed by atoms with van der Waals surface area (Å²) >= 11 is 0. The maximum atomic E-state index is 13.7. The first kappa shape index (κ1) is 17.8. The second kappa shape index (κ2) is 7.07. The molecule has 0 radical (unpaired) electrons. The van der Waals surface area contributed by atoms with E-state index in [-0.39, 0.29) is 30.4 Å². The van der Waals surface area contributed by atoms with E-state index in [0.29, 0.717) is 22.3 Å². The third kappa shape index (κ3) is 3.49. The number of carbonyl (C=O) groups is 1. The molecule has 0 spiro atoms. The summed E-state index contributed by atoms with van der Waals surface area (Å²) in [5, 5.41) is 2.67. The van der Waals surface area contributed by atoms with Crippen molar-refractivity contribution < 1.29 is 9.18 Å². The van der Waals surface area contributed by atoms with Crippen molar-refractivity contribution in [1.82, 2.24) is 14.9 Å². The van der Waals surface area contributed by atoms with Gasteiger partial charge in [-0.05, 0) is 50.1 Å². The minimum Gasteiger partial charge on any atom is -0.350 e. The lowest BCUT2D eigenvalue weighted by molar-refractivity contribution is -0.121. The van der Waals surface area contributed by atoms with Gasteiger partial charge in [-0.15, -0.1) is 0 Å². The molecule has 3 rings (SSSR count). The van der Waals surface area contributed by atoms with Gasteiger partial charge in [-0.1, -0.05) is 18.2 Å². The van der Waals surface area contributed by atoms with Crippen LogP contribution in [0.5, 0.6) is 0 Å². The van der Waals surface area contributed by atoms with E-state index in [9.17, 15) is 14.0 Å². The summed E-state index contributed by atoms with van der Waals surface area (Å²) in [5.74, 6) is -0.734. The van der Waals surface area contributed by atoms with E-state index in [0.717, 1.165) is 11.1 Å². The number of hydrogen-bond donors (Lipinski definition) is 1. The first-order valence-electron chi connectivity index (χ1n) is 8.35. The van der Waals surface area contributed by atoms with E-state index < -0.39 is 0 Å². The minimum atomic E-state index is -0.374. The molecule has 0 bridgehead atoms. The van der Waals surface area contributed by atoms with Crippen LogP contribution in [0.1, 0.15) is 22.4 Å². The third-order valence-corrected chi connectivity index (χ3v) is 4.46. The predicted octanol–water partition coefficient (Wildman–Crippen LogP) is 2.78. The average molecular weight is 353 g/mol. The van der Waals surface area contributed by atoms with Crippen LogP contribution in [0.15, 0.2) is 41.2 Å². The number of amides is 1. The lowest BCUT2D eigenvalue weighted by Gasteiger charge is -2.13. The predicted molar refractivity (Wildman–Crippen MR) is 98.5 cm³/mol. The van der Waals surface area contributed by atoms with E-state index in [1.54, 1.807) is 25.1 Å². The van der Waals surface area contributed by atoms with Gasteiger partial charge in [0.25, 0.3) is 5.56 Å². The highest BCUT2D eigenvalue weighted by Gasteiger charge is 2.13. The summed E-state index contributed by atoms with van der Waals surface area (Å²) < 4.78 is 15.1. The minimum absolute atomic E-state index is 0.0698. The molecule has 0 saturated heterocycles. The van der Waals surface area contributed by atoms with Crippen molar-refractivity contribution in [2.75, 3.05) is 0 Å². The number of halogens is 1. The second-order valence-corrected chi connectivity index (χ2v) is 6.38. The van der Waals surface area contributed by atoms with Gasteiger partial charge in [0, 0.05) is 12.1 Å². The maximum Gasteiger partial charge on any atom is 0.272 e. The van der Waals surface area contributed by atoms with Gasteiger partial charge in [-0.25, -0.2) is 9.37 Å². The van der Waals surface area contributed by atoms with Gasteiger partial charge in [-0.3, -0.25) is 14.2 Å². The van der Waals surface area contributed by atoms with Gasteiger partial charge in [0.15, 0.2) is 0 Å². The highest BCUT2D eigenvalue weighted by molar-refractivity contribution is 5.81. The molecule has 6 heteroatoms. The fourth-order valence-electron chi connectivity index (χ4n) is 2.82. The van der Waals surface area contributed by atoms with E-state index in [1.807, 2.05) is 26.0 Å².